The van der Waals surface area contributed by atoms with Gasteiger partial charge in [-0.2, -0.15) is 0 Å². The summed E-state index contributed by atoms with van der Waals surface area (Å²) in [4.78, 5) is 0. The van der Waals surface area contributed by atoms with E-state index in [9.17, 15) is 0 Å². The Morgan fingerprint density at radius 3 is 2.33 bits per heavy atom. The Hall–Kier alpha value is -1.02. The van der Waals surface area contributed by atoms with Crippen molar-refractivity contribution in [2.24, 2.45) is 11.3 Å². The first-order valence-electron chi connectivity index (χ1n) is 8.38. The van der Waals surface area contributed by atoms with E-state index in [0.717, 1.165) is 31.9 Å². The average Bonchev–Trinajstić information content (AvgIpc) is 2.45. The van der Waals surface area contributed by atoms with Crippen LogP contribution in [0.3, 0.4) is 0 Å². The zero-order valence-electron chi connectivity index (χ0n) is 14.5. The quantitative estimate of drug-likeness (QED) is 0.611. The predicted molar refractivity (Wildman–Crippen MR) is 91.8 cm³/mol. The van der Waals surface area contributed by atoms with E-state index in [-0.39, 0.29) is 0 Å². The lowest BCUT2D eigenvalue weighted by Gasteiger charge is -2.29. The molecule has 1 N–H and O–H groups in total. The number of benzene rings is 1. The smallest absolute Gasteiger partial charge is 0.119 e. The van der Waals surface area contributed by atoms with Gasteiger partial charge in [-0.15, -0.1) is 0 Å². The molecule has 0 heterocycles. The number of hydrogen-bond acceptors (Lipinski definition) is 2. The molecule has 2 heteroatoms. The van der Waals surface area contributed by atoms with Crippen molar-refractivity contribution in [2.75, 3.05) is 13.2 Å². The molecule has 0 radical (unpaired) electrons. The van der Waals surface area contributed by atoms with E-state index in [1.54, 1.807) is 0 Å². The van der Waals surface area contributed by atoms with Crippen LogP contribution in [-0.2, 0) is 6.54 Å². The average molecular weight is 291 g/mol. The molecule has 0 aliphatic carbocycles. The highest BCUT2D eigenvalue weighted by Crippen LogP contribution is 2.24. The molecule has 0 aromatic heterocycles. The van der Waals surface area contributed by atoms with Gasteiger partial charge in [0.2, 0.25) is 0 Å². The Balaban J connectivity index is 2.31. The molecule has 0 saturated heterocycles. The number of unbranched alkanes of at least 4 members (excludes halogenated alkanes) is 2. The number of hydrogen-bond donors (Lipinski definition) is 1. The maximum absolute atomic E-state index is 5.73. The molecule has 0 amide bonds. The standard InChI is InChI=1S/C19H33NO/c1-6-7-8-13-21-18-11-9-17(10-12-18)14-20-15-19(4,5)16(2)3/h9-12,16,20H,6-8,13-15H2,1-5H3. The van der Waals surface area contributed by atoms with Crippen molar-refractivity contribution in [3.8, 4) is 5.75 Å². The van der Waals surface area contributed by atoms with Crippen molar-refractivity contribution in [1.82, 2.24) is 5.32 Å². The van der Waals surface area contributed by atoms with E-state index in [1.165, 1.54) is 18.4 Å². The molecule has 1 rings (SSSR count). The van der Waals surface area contributed by atoms with E-state index in [2.05, 4.69) is 64.2 Å². The van der Waals surface area contributed by atoms with Gasteiger partial charge in [0.25, 0.3) is 0 Å². The highest BCUT2D eigenvalue weighted by molar-refractivity contribution is 5.27. The molecule has 0 bridgehead atoms. The van der Waals surface area contributed by atoms with Crippen molar-refractivity contribution in [3.05, 3.63) is 29.8 Å². The SMILES string of the molecule is CCCCCOc1ccc(CNCC(C)(C)C(C)C)cc1. The van der Waals surface area contributed by atoms with Gasteiger partial charge in [0, 0.05) is 13.1 Å². The van der Waals surface area contributed by atoms with Crippen LogP contribution < -0.4 is 10.1 Å². The molecule has 0 spiro atoms. The molecule has 0 fully saturated rings. The summed E-state index contributed by atoms with van der Waals surface area (Å²) < 4.78 is 5.73. The Bertz CT molecular complexity index is 381. The Morgan fingerprint density at radius 1 is 1.10 bits per heavy atom. The van der Waals surface area contributed by atoms with Crippen molar-refractivity contribution < 1.29 is 4.74 Å². The van der Waals surface area contributed by atoms with Gasteiger partial charge in [-0.25, -0.2) is 0 Å². The largest absolute Gasteiger partial charge is 0.494 e. The molecule has 0 atom stereocenters. The van der Waals surface area contributed by atoms with Gasteiger partial charge in [0.1, 0.15) is 5.75 Å². The fourth-order valence-corrected chi connectivity index (χ4v) is 1.98. The van der Waals surface area contributed by atoms with Crippen LogP contribution in [0.1, 0.15) is 59.4 Å². The monoisotopic (exact) mass is 291 g/mol. The van der Waals surface area contributed by atoms with Crippen molar-refractivity contribution in [2.45, 2.75) is 60.4 Å². The summed E-state index contributed by atoms with van der Waals surface area (Å²) in [5.41, 5.74) is 1.65. The third-order valence-electron chi connectivity index (χ3n) is 4.41. The highest BCUT2D eigenvalue weighted by Gasteiger charge is 2.21. The summed E-state index contributed by atoms with van der Waals surface area (Å²) in [5.74, 6) is 1.67. The van der Waals surface area contributed by atoms with Gasteiger partial charge in [-0.1, -0.05) is 59.6 Å². The maximum atomic E-state index is 5.73. The molecule has 21 heavy (non-hydrogen) atoms. The molecule has 1 aromatic rings. The molecule has 0 saturated carbocycles. The highest BCUT2D eigenvalue weighted by atomic mass is 16.5. The van der Waals surface area contributed by atoms with Crippen LogP contribution in [0.4, 0.5) is 0 Å². The van der Waals surface area contributed by atoms with Gasteiger partial charge < -0.3 is 10.1 Å². The Labute approximate surface area is 131 Å². The van der Waals surface area contributed by atoms with E-state index >= 15 is 0 Å². The predicted octanol–water partition coefficient (Wildman–Crippen LogP) is 5.03. The molecular formula is C19H33NO. The van der Waals surface area contributed by atoms with Gasteiger partial charge in [0.05, 0.1) is 6.61 Å². The Kier molecular flexibility index (Phi) is 7.81. The van der Waals surface area contributed by atoms with Crippen LogP contribution in [0.5, 0.6) is 5.75 Å². The van der Waals surface area contributed by atoms with Crippen molar-refractivity contribution in [1.29, 1.82) is 0 Å². The number of ether oxygens (including phenoxy) is 1. The second-order valence-corrected chi connectivity index (χ2v) is 6.95. The van der Waals surface area contributed by atoms with Crippen LogP contribution in [0.25, 0.3) is 0 Å². The zero-order chi connectivity index (χ0) is 15.7. The normalized spacial score (nSPS) is 11.9. The minimum absolute atomic E-state index is 0.336. The third-order valence-corrected chi connectivity index (χ3v) is 4.41. The van der Waals surface area contributed by atoms with Gasteiger partial charge in [0.15, 0.2) is 0 Å². The van der Waals surface area contributed by atoms with Crippen LogP contribution >= 0.6 is 0 Å². The fourth-order valence-electron chi connectivity index (χ4n) is 1.98. The fraction of sp³-hybridized carbons (Fsp3) is 0.684. The lowest BCUT2D eigenvalue weighted by Crippen LogP contribution is -2.33. The van der Waals surface area contributed by atoms with E-state index < -0.39 is 0 Å². The molecule has 2 nitrogen and oxygen atoms in total. The van der Waals surface area contributed by atoms with Gasteiger partial charge >= 0.3 is 0 Å². The van der Waals surface area contributed by atoms with E-state index in [4.69, 9.17) is 4.74 Å². The zero-order valence-corrected chi connectivity index (χ0v) is 14.5. The summed E-state index contributed by atoms with van der Waals surface area (Å²) in [6, 6.07) is 8.47. The molecule has 0 aliphatic rings. The molecule has 120 valence electrons. The summed E-state index contributed by atoms with van der Waals surface area (Å²) in [6.07, 6.45) is 3.62. The molecule has 1 aromatic carbocycles. The third kappa shape index (κ3) is 6.99. The van der Waals surface area contributed by atoms with Crippen molar-refractivity contribution >= 4 is 0 Å². The van der Waals surface area contributed by atoms with Crippen LogP contribution in [-0.4, -0.2) is 13.2 Å². The van der Waals surface area contributed by atoms with E-state index in [0.29, 0.717) is 11.3 Å². The first kappa shape index (κ1) is 18.0. The van der Waals surface area contributed by atoms with Gasteiger partial charge in [-0.05, 0) is 35.4 Å². The molecule has 0 aliphatic heterocycles. The summed E-state index contributed by atoms with van der Waals surface area (Å²) in [5, 5.41) is 3.56. The Morgan fingerprint density at radius 2 is 1.76 bits per heavy atom. The van der Waals surface area contributed by atoms with Crippen LogP contribution in [0.2, 0.25) is 0 Å². The summed E-state index contributed by atoms with van der Waals surface area (Å²) in [6.45, 7) is 14.2. The number of nitrogens with one attached hydrogen (secondary N) is 1. The first-order chi connectivity index (χ1) is 9.95. The van der Waals surface area contributed by atoms with Crippen LogP contribution in [0.15, 0.2) is 24.3 Å². The lowest BCUT2D eigenvalue weighted by atomic mass is 9.81. The van der Waals surface area contributed by atoms with Crippen molar-refractivity contribution in [3.63, 3.8) is 0 Å². The maximum Gasteiger partial charge on any atom is 0.119 e. The first-order valence-corrected chi connectivity index (χ1v) is 8.38. The minimum Gasteiger partial charge on any atom is -0.494 e. The summed E-state index contributed by atoms with van der Waals surface area (Å²) in [7, 11) is 0. The van der Waals surface area contributed by atoms with Crippen LogP contribution in [0, 0.1) is 11.3 Å². The van der Waals surface area contributed by atoms with Gasteiger partial charge in [-0.3, -0.25) is 0 Å². The second kappa shape index (κ2) is 9.09. The lowest BCUT2D eigenvalue weighted by molar-refractivity contribution is 0.238. The minimum atomic E-state index is 0.336. The van der Waals surface area contributed by atoms with E-state index in [1.807, 2.05) is 0 Å². The number of rotatable bonds is 10. The molecule has 0 unspecified atom stereocenters. The summed E-state index contributed by atoms with van der Waals surface area (Å²) >= 11 is 0. The molecular weight excluding hydrogens is 258 g/mol. The second-order valence-electron chi connectivity index (χ2n) is 6.95. The topological polar surface area (TPSA) is 21.3 Å².